The zero-order chi connectivity index (χ0) is 17.8. The van der Waals surface area contributed by atoms with Crippen molar-refractivity contribution in [2.24, 2.45) is 5.73 Å². The lowest BCUT2D eigenvalue weighted by Gasteiger charge is -2.30. The van der Waals surface area contributed by atoms with Crippen LogP contribution in [-0.2, 0) is 17.8 Å². The molecule has 0 spiro atoms. The fraction of sp³-hybridized carbons (Fsp3) is 0.222. The topological polar surface area (TPSA) is 87.5 Å². The predicted molar refractivity (Wildman–Crippen MR) is 93.7 cm³/mol. The Hall–Kier alpha value is -2.93. The van der Waals surface area contributed by atoms with Gasteiger partial charge in [-0.25, -0.2) is 9.18 Å². The minimum atomic E-state index is -0.515. The molecular weight excluding hydrogens is 323 g/mol. The Morgan fingerprint density at radius 3 is 2.56 bits per heavy atom. The third-order valence-electron chi connectivity index (χ3n) is 4.16. The average molecular weight is 342 g/mol. The van der Waals surface area contributed by atoms with Gasteiger partial charge in [-0.05, 0) is 35.7 Å². The summed E-state index contributed by atoms with van der Waals surface area (Å²) in [5.41, 5.74) is 8.14. The first-order valence-corrected chi connectivity index (χ1v) is 7.99. The molecule has 6 nitrogen and oxygen atoms in total. The van der Waals surface area contributed by atoms with E-state index >= 15 is 0 Å². The van der Waals surface area contributed by atoms with E-state index in [4.69, 9.17) is 5.73 Å². The Morgan fingerprint density at radius 2 is 1.80 bits per heavy atom. The van der Waals surface area contributed by atoms with E-state index in [9.17, 15) is 14.0 Å². The van der Waals surface area contributed by atoms with Gasteiger partial charge in [0.05, 0.1) is 12.2 Å². The van der Waals surface area contributed by atoms with Crippen LogP contribution in [0.5, 0.6) is 0 Å². The van der Waals surface area contributed by atoms with Gasteiger partial charge in [-0.2, -0.15) is 0 Å². The normalized spacial score (nSPS) is 13.1. The quantitative estimate of drug-likeness (QED) is 0.800. The van der Waals surface area contributed by atoms with Crippen LogP contribution in [0.15, 0.2) is 42.5 Å². The summed E-state index contributed by atoms with van der Waals surface area (Å²) in [4.78, 5) is 25.6. The number of nitrogens with two attached hydrogens (primary N) is 1. The molecule has 1 aliphatic rings. The van der Waals surface area contributed by atoms with Crippen molar-refractivity contribution in [2.45, 2.75) is 13.0 Å². The molecule has 2 aromatic rings. The largest absolute Gasteiger partial charge is 0.337 e. The lowest BCUT2D eigenvalue weighted by Crippen LogP contribution is -2.39. The number of nitrogens with one attached hydrogen (secondary N) is 2. The summed E-state index contributed by atoms with van der Waals surface area (Å²) in [6.07, 6.45) is 0.622. The highest BCUT2D eigenvalue weighted by molar-refractivity contribution is 6.00. The lowest BCUT2D eigenvalue weighted by molar-refractivity contribution is -0.130. The number of benzene rings is 2. The summed E-state index contributed by atoms with van der Waals surface area (Å²) in [6, 6.07) is 11.0. The van der Waals surface area contributed by atoms with Crippen LogP contribution < -0.4 is 16.4 Å². The summed E-state index contributed by atoms with van der Waals surface area (Å²) >= 11 is 0. The molecule has 0 saturated heterocycles. The third-order valence-corrected chi connectivity index (χ3v) is 4.16. The lowest BCUT2D eigenvalue weighted by atomic mass is 9.97. The van der Waals surface area contributed by atoms with Crippen molar-refractivity contribution < 1.29 is 14.0 Å². The van der Waals surface area contributed by atoms with E-state index in [1.165, 1.54) is 12.1 Å². The zero-order valence-electron chi connectivity index (χ0n) is 13.6. The maximum atomic E-state index is 13.6. The van der Waals surface area contributed by atoms with Crippen LogP contribution in [0.1, 0.15) is 11.1 Å². The number of amides is 3. The van der Waals surface area contributed by atoms with Gasteiger partial charge in [0.15, 0.2) is 0 Å². The number of urea groups is 1. The molecule has 3 rings (SSSR count). The van der Waals surface area contributed by atoms with E-state index in [1.54, 1.807) is 23.1 Å². The van der Waals surface area contributed by atoms with Crippen LogP contribution in [0, 0.1) is 5.82 Å². The Labute approximate surface area is 144 Å². The van der Waals surface area contributed by atoms with Gasteiger partial charge in [-0.3, -0.25) is 4.79 Å². The molecule has 1 heterocycles. The van der Waals surface area contributed by atoms with Gasteiger partial charge in [0, 0.05) is 18.8 Å². The van der Waals surface area contributed by atoms with Crippen LogP contribution in [0.2, 0.25) is 0 Å². The molecule has 2 aromatic carbocycles. The zero-order valence-corrected chi connectivity index (χ0v) is 13.6. The highest BCUT2D eigenvalue weighted by Gasteiger charge is 2.22. The van der Waals surface area contributed by atoms with E-state index in [2.05, 4.69) is 10.6 Å². The first-order chi connectivity index (χ1) is 12.1. The summed E-state index contributed by atoms with van der Waals surface area (Å²) in [6.45, 7) is 1.00. The van der Waals surface area contributed by atoms with Gasteiger partial charge in [0.2, 0.25) is 5.91 Å². The van der Waals surface area contributed by atoms with E-state index in [-0.39, 0.29) is 18.1 Å². The summed E-state index contributed by atoms with van der Waals surface area (Å²) in [7, 11) is 0. The number of carbonyl (C=O) groups is 2. The number of fused-ring (bicyclic) bond motifs is 1. The maximum Gasteiger partial charge on any atom is 0.323 e. The molecule has 25 heavy (non-hydrogen) atoms. The first-order valence-electron chi connectivity index (χ1n) is 7.99. The molecular formula is C18H19FN4O2. The summed E-state index contributed by atoms with van der Waals surface area (Å²) < 4.78 is 13.6. The van der Waals surface area contributed by atoms with Gasteiger partial charge < -0.3 is 21.3 Å². The van der Waals surface area contributed by atoms with E-state index in [1.807, 2.05) is 12.1 Å². The number of hydrogen-bond donors (Lipinski definition) is 3. The average Bonchev–Trinajstić information content (AvgIpc) is 2.62. The minimum absolute atomic E-state index is 0.0156. The van der Waals surface area contributed by atoms with Gasteiger partial charge in [0.25, 0.3) is 0 Å². The van der Waals surface area contributed by atoms with Crippen LogP contribution in [0.25, 0.3) is 0 Å². The summed E-state index contributed by atoms with van der Waals surface area (Å²) in [5.74, 6) is -0.593. The summed E-state index contributed by atoms with van der Waals surface area (Å²) in [5, 5.41) is 5.25. The Bertz CT molecular complexity index is 809. The van der Waals surface area contributed by atoms with Crippen molar-refractivity contribution >= 4 is 23.3 Å². The molecule has 4 N–H and O–H groups in total. The number of para-hydroxylation sites is 1. The number of carbonyl (C=O) groups excluding carboxylic acids is 2. The van der Waals surface area contributed by atoms with E-state index < -0.39 is 11.8 Å². The van der Waals surface area contributed by atoms with Crippen molar-refractivity contribution in [1.82, 2.24) is 4.90 Å². The highest BCUT2D eigenvalue weighted by atomic mass is 19.1. The van der Waals surface area contributed by atoms with Crippen LogP contribution in [0.4, 0.5) is 20.6 Å². The molecule has 0 aliphatic carbocycles. The van der Waals surface area contributed by atoms with Crippen molar-refractivity contribution in [3.8, 4) is 0 Å². The fourth-order valence-electron chi connectivity index (χ4n) is 2.91. The molecule has 0 aromatic heterocycles. The first kappa shape index (κ1) is 16.9. The molecule has 7 heteroatoms. The second-order valence-corrected chi connectivity index (χ2v) is 5.77. The third kappa shape index (κ3) is 3.77. The molecule has 0 radical (unpaired) electrons. The molecule has 130 valence electrons. The number of anilines is 2. The predicted octanol–water partition coefficient (Wildman–Crippen LogP) is 2.31. The van der Waals surface area contributed by atoms with Crippen LogP contribution >= 0.6 is 0 Å². The number of halogens is 1. The van der Waals surface area contributed by atoms with Gasteiger partial charge in [-0.15, -0.1) is 0 Å². The highest BCUT2D eigenvalue weighted by Crippen LogP contribution is 2.26. The van der Waals surface area contributed by atoms with E-state index in [0.29, 0.717) is 25.2 Å². The molecule has 0 fully saturated rings. The fourth-order valence-corrected chi connectivity index (χ4v) is 2.91. The molecule has 0 unspecified atom stereocenters. The SMILES string of the molecule is NCC(=O)N1CCc2c(cccc2NC(=O)Nc2ccccc2F)C1. The number of rotatable bonds is 3. The van der Waals surface area contributed by atoms with Crippen molar-refractivity contribution in [1.29, 1.82) is 0 Å². The van der Waals surface area contributed by atoms with Crippen LogP contribution in [0.3, 0.4) is 0 Å². The second kappa shape index (κ2) is 7.31. The smallest absolute Gasteiger partial charge is 0.323 e. The minimum Gasteiger partial charge on any atom is -0.337 e. The molecule has 0 bridgehead atoms. The molecule has 0 atom stereocenters. The van der Waals surface area contributed by atoms with Crippen molar-refractivity contribution in [3.05, 3.63) is 59.4 Å². The van der Waals surface area contributed by atoms with E-state index in [0.717, 1.165) is 11.1 Å². The van der Waals surface area contributed by atoms with Crippen molar-refractivity contribution in [3.63, 3.8) is 0 Å². The number of hydrogen-bond acceptors (Lipinski definition) is 3. The van der Waals surface area contributed by atoms with Gasteiger partial charge in [-0.1, -0.05) is 24.3 Å². The Kier molecular flexibility index (Phi) is 4.95. The van der Waals surface area contributed by atoms with Gasteiger partial charge in [0.1, 0.15) is 5.82 Å². The second-order valence-electron chi connectivity index (χ2n) is 5.77. The number of nitrogens with zero attached hydrogens (tertiary/aromatic N) is 1. The Balaban J connectivity index is 1.73. The molecule has 0 saturated carbocycles. The molecule has 1 aliphatic heterocycles. The standard InChI is InChI=1S/C18H19FN4O2/c19-14-5-1-2-6-16(14)22-18(25)21-15-7-3-4-12-11-23(17(24)10-20)9-8-13(12)15/h1-7H,8-11,20H2,(H2,21,22,25). The maximum absolute atomic E-state index is 13.6. The van der Waals surface area contributed by atoms with Crippen molar-refractivity contribution in [2.75, 3.05) is 23.7 Å². The Morgan fingerprint density at radius 1 is 1.08 bits per heavy atom. The van der Waals surface area contributed by atoms with Gasteiger partial charge >= 0.3 is 6.03 Å². The molecule has 3 amide bonds. The monoisotopic (exact) mass is 342 g/mol. The van der Waals surface area contributed by atoms with Crippen LogP contribution in [-0.4, -0.2) is 29.9 Å².